The molecule has 8 nitrogen and oxygen atoms in total. The maximum Gasteiger partial charge on any atom is 0.233 e. The van der Waals surface area contributed by atoms with Crippen molar-refractivity contribution in [1.29, 1.82) is 0 Å². The topological polar surface area (TPSA) is 86.3 Å². The van der Waals surface area contributed by atoms with E-state index in [1.54, 1.807) is 6.20 Å². The van der Waals surface area contributed by atoms with Gasteiger partial charge in [-0.3, -0.25) is 9.69 Å². The molecule has 2 aromatic heterocycles. The van der Waals surface area contributed by atoms with Crippen molar-refractivity contribution in [2.75, 3.05) is 41.3 Å². The summed E-state index contributed by atoms with van der Waals surface area (Å²) in [7, 11) is 0. The number of anilines is 4. The fraction of sp³-hybridized carbons (Fsp3) is 0.500. The van der Waals surface area contributed by atoms with E-state index in [2.05, 4.69) is 50.4 Å². The zero-order valence-corrected chi connectivity index (χ0v) is 16.5. The number of hydrogen-bond donors (Lipinski definition) is 2. The molecule has 0 aliphatic carbocycles. The second-order valence-corrected chi connectivity index (χ2v) is 7.22. The molecule has 0 saturated carbocycles. The van der Waals surface area contributed by atoms with E-state index < -0.39 is 0 Å². The van der Waals surface area contributed by atoms with Crippen LogP contribution >= 0.6 is 0 Å². The van der Waals surface area contributed by atoms with Crippen molar-refractivity contribution < 1.29 is 4.79 Å². The van der Waals surface area contributed by atoms with Crippen LogP contribution in [0.3, 0.4) is 0 Å². The van der Waals surface area contributed by atoms with Crippen molar-refractivity contribution in [2.45, 2.75) is 39.2 Å². The van der Waals surface area contributed by atoms with Gasteiger partial charge in [-0.25, -0.2) is 9.97 Å². The Morgan fingerprint density at radius 1 is 1.14 bits per heavy atom. The van der Waals surface area contributed by atoms with Gasteiger partial charge in [0, 0.05) is 44.0 Å². The molecule has 0 bridgehead atoms. The van der Waals surface area contributed by atoms with Crippen molar-refractivity contribution in [3.63, 3.8) is 0 Å². The summed E-state index contributed by atoms with van der Waals surface area (Å²) < 4.78 is 0. The Kier molecular flexibility index (Phi) is 5.38. The first-order valence-corrected chi connectivity index (χ1v) is 10.1. The van der Waals surface area contributed by atoms with E-state index in [0.29, 0.717) is 18.2 Å². The van der Waals surface area contributed by atoms with E-state index in [-0.39, 0.29) is 11.9 Å². The maximum absolute atomic E-state index is 12.5. The Labute approximate surface area is 165 Å². The van der Waals surface area contributed by atoms with Gasteiger partial charge in [-0.1, -0.05) is 13.8 Å². The molecule has 1 amide bonds. The standard InChI is InChI=1S/C20H27N7O/c1-3-15(4-2)27-18(28)11-14-12-23-20(25-19(14)27)24-17-6-5-16(13-22-17)26-9-7-21-8-10-26/h5-6,12-13,15,21H,3-4,7-11H2,1-2H3,(H,22,23,24,25). The van der Waals surface area contributed by atoms with Crippen LogP contribution in [0.15, 0.2) is 24.5 Å². The third kappa shape index (κ3) is 3.64. The molecule has 1 saturated heterocycles. The molecule has 0 spiro atoms. The molecule has 1 fully saturated rings. The van der Waals surface area contributed by atoms with Gasteiger partial charge < -0.3 is 15.5 Å². The van der Waals surface area contributed by atoms with Gasteiger partial charge in [-0.2, -0.15) is 4.98 Å². The smallest absolute Gasteiger partial charge is 0.233 e. The molecular formula is C20H27N7O. The number of carbonyl (C=O) groups is 1. The summed E-state index contributed by atoms with van der Waals surface area (Å²) in [4.78, 5) is 30.1. The van der Waals surface area contributed by atoms with Crippen LogP contribution in [-0.4, -0.2) is 53.1 Å². The normalized spacial score (nSPS) is 16.6. The number of fused-ring (bicyclic) bond motifs is 1. The molecule has 2 aromatic rings. The lowest BCUT2D eigenvalue weighted by molar-refractivity contribution is -0.117. The summed E-state index contributed by atoms with van der Waals surface area (Å²) in [6.45, 7) is 8.17. The summed E-state index contributed by atoms with van der Waals surface area (Å²) in [5.74, 6) is 1.99. The molecule has 2 aliphatic heterocycles. The van der Waals surface area contributed by atoms with Gasteiger partial charge in [-0.15, -0.1) is 0 Å². The Morgan fingerprint density at radius 2 is 1.93 bits per heavy atom. The van der Waals surface area contributed by atoms with Gasteiger partial charge in [0.2, 0.25) is 11.9 Å². The number of aromatic nitrogens is 3. The summed E-state index contributed by atoms with van der Waals surface area (Å²) in [5, 5.41) is 6.52. The van der Waals surface area contributed by atoms with Gasteiger partial charge in [0.05, 0.1) is 18.3 Å². The molecule has 0 radical (unpaired) electrons. The summed E-state index contributed by atoms with van der Waals surface area (Å²) >= 11 is 0. The van der Waals surface area contributed by atoms with Gasteiger partial charge >= 0.3 is 0 Å². The van der Waals surface area contributed by atoms with E-state index in [0.717, 1.165) is 56.1 Å². The van der Waals surface area contributed by atoms with Crippen molar-refractivity contribution in [1.82, 2.24) is 20.3 Å². The largest absolute Gasteiger partial charge is 0.368 e. The van der Waals surface area contributed by atoms with Crippen LogP contribution < -0.4 is 20.4 Å². The lowest BCUT2D eigenvalue weighted by Gasteiger charge is -2.29. The van der Waals surface area contributed by atoms with Crippen molar-refractivity contribution in [3.05, 3.63) is 30.1 Å². The van der Waals surface area contributed by atoms with Crippen LogP contribution in [0.1, 0.15) is 32.3 Å². The predicted octanol–water partition coefficient (Wildman–Crippen LogP) is 2.10. The zero-order chi connectivity index (χ0) is 19.5. The van der Waals surface area contributed by atoms with Crippen LogP contribution in [0, 0.1) is 0 Å². The average Bonchev–Trinajstić information content (AvgIpc) is 3.06. The fourth-order valence-corrected chi connectivity index (χ4v) is 3.87. The SMILES string of the molecule is CCC(CC)N1C(=O)Cc2cnc(Nc3ccc(N4CCNCC4)cn3)nc21. The third-order valence-electron chi connectivity index (χ3n) is 5.46. The Morgan fingerprint density at radius 3 is 2.61 bits per heavy atom. The maximum atomic E-state index is 12.5. The van der Waals surface area contributed by atoms with E-state index >= 15 is 0 Å². The summed E-state index contributed by atoms with van der Waals surface area (Å²) in [5.41, 5.74) is 2.01. The monoisotopic (exact) mass is 381 g/mol. The minimum Gasteiger partial charge on any atom is -0.368 e. The quantitative estimate of drug-likeness (QED) is 0.792. The molecule has 0 atom stereocenters. The van der Waals surface area contributed by atoms with Crippen LogP contribution in [-0.2, 0) is 11.2 Å². The Hall–Kier alpha value is -2.74. The molecule has 28 heavy (non-hydrogen) atoms. The first-order chi connectivity index (χ1) is 13.7. The average molecular weight is 381 g/mol. The number of nitrogens with zero attached hydrogens (tertiary/aromatic N) is 5. The van der Waals surface area contributed by atoms with Crippen molar-refractivity contribution in [3.8, 4) is 0 Å². The van der Waals surface area contributed by atoms with Crippen LogP contribution in [0.5, 0.6) is 0 Å². The predicted molar refractivity (Wildman–Crippen MR) is 110 cm³/mol. The molecular weight excluding hydrogens is 354 g/mol. The molecule has 4 rings (SSSR count). The van der Waals surface area contributed by atoms with E-state index in [1.807, 2.05) is 17.2 Å². The number of hydrogen-bond acceptors (Lipinski definition) is 7. The second kappa shape index (κ2) is 8.10. The second-order valence-electron chi connectivity index (χ2n) is 7.22. The summed E-state index contributed by atoms with van der Waals surface area (Å²) in [6.07, 6.45) is 5.82. The van der Waals surface area contributed by atoms with E-state index in [4.69, 9.17) is 0 Å². The number of nitrogens with one attached hydrogen (secondary N) is 2. The minimum atomic E-state index is 0.105. The Bertz CT molecular complexity index is 829. The Balaban J connectivity index is 1.51. The molecule has 8 heteroatoms. The first-order valence-electron chi connectivity index (χ1n) is 10.1. The number of rotatable bonds is 6. The molecule has 2 N–H and O–H groups in total. The van der Waals surface area contributed by atoms with E-state index in [1.165, 1.54) is 0 Å². The van der Waals surface area contributed by atoms with Crippen molar-refractivity contribution >= 4 is 29.2 Å². The number of carbonyl (C=O) groups excluding carboxylic acids is 1. The van der Waals surface area contributed by atoms with Crippen LogP contribution in [0.4, 0.5) is 23.3 Å². The highest BCUT2D eigenvalue weighted by Crippen LogP contribution is 2.31. The van der Waals surface area contributed by atoms with E-state index in [9.17, 15) is 4.79 Å². The number of pyridine rings is 1. The molecule has 4 heterocycles. The number of piperazine rings is 1. The van der Waals surface area contributed by atoms with Gasteiger partial charge in [0.15, 0.2) is 0 Å². The lowest BCUT2D eigenvalue weighted by Crippen LogP contribution is -2.43. The molecule has 2 aliphatic rings. The van der Waals surface area contributed by atoms with Gasteiger partial charge in [0.25, 0.3) is 0 Å². The highest BCUT2D eigenvalue weighted by Gasteiger charge is 2.33. The van der Waals surface area contributed by atoms with Crippen LogP contribution in [0.2, 0.25) is 0 Å². The van der Waals surface area contributed by atoms with Crippen molar-refractivity contribution in [2.24, 2.45) is 0 Å². The molecule has 0 unspecified atom stereocenters. The molecule has 148 valence electrons. The lowest BCUT2D eigenvalue weighted by atomic mass is 10.1. The van der Waals surface area contributed by atoms with Gasteiger partial charge in [-0.05, 0) is 25.0 Å². The van der Waals surface area contributed by atoms with Crippen LogP contribution in [0.25, 0.3) is 0 Å². The first kappa shape index (κ1) is 18.6. The number of amides is 1. The third-order valence-corrected chi connectivity index (χ3v) is 5.46. The highest BCUT2D eigenvalue weighted by molar-refractivity contribution is 6.00. The minimum absolute atomic E-state index is 0.105. The summed E-state index contributed by atoms with van der Waals surface area (Å²) in [6, 6.07) is 4.18. The fourth-order valence-electron chi connectivity index (χ4n) is 3.87. The zero-order valence-electron chi connectivity index (χ0n) is 16.5. The van der Waals surface area contributed by atoms with Gasteiger partial charge in [0.1, 0.15) is 11.6 Å². The molecule has 0 aromatic carbocycles. The highest BCUT2D eigenvalue weighted by atomic mass is 16.2.